The second-order valence-corrected chi connectivity index (χ2v) is 16.9. The van der Waals surface area contributed by atoms with Crippen LogP contribution < -0.4 is 0 Å². The molecule has 0 aliphatic carbocycles. The molecule has 0 heterocycles. The van der Waals surface area contributed by atoms with Gasteiger partial charge in [-0.2, -0.15) is 0 Å². The third-order valence-electron chi connectivity index (χ3n) is 9.73. The van der Waals surface area contributed by atoms with Crippen molar-refractivity contribution in [3.8, 4) is 5.75 Å². The normalized spacial score (nSPS) is 12.7. The lowest BCUT2D eigenvalue weighted by Crippen LogP contribution is -2.12. The SMILES string of the molecule is Cc1cc(CCc2ccc(Cc3ccc(Cc4ccc(Cc5ccc(CC(C)CC(C)(C)C)cc5)cc4)cc3)cc2)cc(C(C)(C)C)c1O. The van der Waals surface area contributed by atoms with E-state index in [1.54, 1.807) is 0 Å². The lowest BCUT2D eigenvalue weighted by Gasteiger charge is -2.23. The first-order valence-electron chi connectivity index (χ1n) is 18.3. The molecule has 0 aliphatic heterocycles. The summed E-state index contributed by atoms with van der Waals surface area (Å²) < 4.78 is 0. The van der Waals surface area contributed by atoms with Crippen LogP contribution in [0.4, 0.5) is 0 Å². The van der Waals surface area contributed by atoms with Gasteiger partial charge in [-0.3, -0.25) is 0 Å². The van der Waals surface area contributed by atoms with Crippen LogP contribution in [0.1, 0.15) is 116 Å². The third-order valence-corrected chi connectivity index (χ3v) is 9.73. The Morgan fingerprint density at radius 2 is 0.837 bits per heavy atom. The molecule has 0 amide bonds. The number of benzene rings is 5. The average Bonchev–Trinajstić information content (AvgIpc) is 3.03. The van der Waals surface area contributed by atoms with Crippen LogP contribution >= 0.6 is 0 Å². The zero-order valence-corrected chi connectivity index (χ0v) is 31.4. The van der Waals surface area contributed by atoms with Gasteiger partial charge in [0, 0.05) is 0 Å². The molecule has 256 valence electrons. The molecule has 0 aromatic heterocycles. The zero-order valence-electron chi connectivity index (χ0n) is 31.4. The molecule has 0 spiro atoms. The smallest absolute Gasteiger partial charge is 0.122 e. The maximum Gasteiger partial charge on any atom is 0.122 e. The van der Waals surface area contributed by atoms with Crippen molar-refractivity contribution in [2.24, 2.45) is 11.3 Å². The molecule has 5 aromatic rings. The molecule has 1 N–H and O–H groups in total. The minimum absolute atomic E-state index is 0.0742. The quantitative estimate of drug-likeness (QED) is 0.142. The number of rotatable bonds is 12. The van der Waals surface area contributed by atoms with Gasteiger partial charge >= 0.3 is 0 Å². The van der Waals surface area contributed by atoms with Crippen LogP contribution in [-0.4, -0.2) is 5.11 Å². The summed E-state index contributed by atoms with van der Waals surface area (Å²) in [6, 6.07) is 41.0. The second-order valence-electron chi connectivity index (χ2n) is 16.9. The van der Waals surface area contributed by atoms with E-state index in [0.29, 0.717) is 17.1 Å². The van der Waals surface area contributed by atoms with E-state index in [1.807, 2.05) is 6.92 Å². The molecule has 5 rings (SSSR count). The molecule has 49 heavy (non-hydrogen) atoms. The molecule has 0 fully saturated rings. The molecule has 1 heteroatoms. The van der Waals surface area contributed by atoms with Gasteiger partial charge in [0.05, 0.1) is 0 Å². The highest BCUT2D eigenvalue weighted by molar-refractivity contribution is 5.46. The van der Waals surface area contributed by atoms with Crippen molar-refractivity contribution in [1.29, 1.82) is 0 Å². The largest absolute Gasteiger partial charge is 0.507 e. The van der Waals surface area contributed by atoms with E-state index in [-0.39, 0.29) is 5.41 Å². The number of hydrogen-bond donors (Lipinski definition) is 1. The molecule has 0 saturated heterocycles. The topological polar surface area (TPSA) is 20.2 Å². The van der Waals surface area contributed by atoms with Crippen molar-refractivity contribution in [1.82, 2.24) is 0 Å². The summed E-state index contributed by atoms with van der Waals surface area (Å²) in [6.45, 7) is 17.9. The van der Waals surface area contributed by atoms with Crippen LogP contribution in [0, 0.1) is 18.3 Å². The summed E-state index contributed by atoms with van der Waals surface area (Å²) in [5, 5.41) is 10.6. The molecule has 5 aromatic carbocycles. The number of phenolic OH excluding ortho intramolecular Hbond substituents is 1. The molecular formula is C48H58O. The lowest BCUT2D eigenvalue weighted by molar-refractivity contribution is 0.306. The fourth-order valence-corrected chi connectivity index (χ4v) is 7.25. The van der Waals surface area contributed by atoms with Gasteiger partial charge in [-0.25, -0.2) is 0 Å². The van der Waals surface area contributed by atoms with E-state index in [9.17, 15) is 5.11 Å². The van der Waals surface area contributed by atoms with E-state index in [1.165, 1.54) is 56.5 Å². The summed E-state index contributed by atoms with van der Waals surface area (Å²) in [5.74, 6) is 1.14. The molecular weight excluding hydrogens is 593 g/mol. The first-order valence-corrected chi connectivity index (χ1v) is 18.3. The Morgan fingerprint density at radius 1 is 0.490 bits per heavy atom. The Hall–Kier alpha value is -4.10. The highest BCUT2D eigenvalue weighted by Crippen LogP contribution is 2.34. The maximum absolute atomic E-state index is 10.6. The Kier molecular flexibility index (Phi) is 11.5. The predicted octanol–water partition coefficient (Wildman–Crippen LogP) is 12.2. The van der Waals surface area contributed by atoms with E-state index >= 15 is 0 Å². The summed E-state index contributed by atoms with van der Waals surface area (Å²) in [6.07, 6.45) is 7.25. The fraction of sp³-hybridized carbons (Fsp3) is 0.375. The predicted molar refractivity (Wildman–Crippen MR) is 210 cm³/mol. The van der Waals surface area contributed by atoms with Crippen LogP contribution in [0.5, 0.6) is 5.75 Å². The van der Waals surface area contributed by atoms with Crippen molar-refractivity contribution in [3.05, 3.63) is 170 Å². The van der Waals surface area contributed by atoms with Crippen LogP contribution in [-0.2, 0) is 43.9 Å². The molecule has 1 atom stereocenters. The van der Waals surface area contributed by atoms with E-state index in [4.69, 9.17) is 0 Å². The number of aryl methyl sites for hydroxylation is 3. The third kappa shape index (κ3) is 10.9. The first-order chi connectivity index (χ1) is 23.2. The van der Waals surface area contributed by atoms with E-state index in [0.717, 1.165) is 49.7 Å². The number of aromatic hydroxyl groups is 1. The van der Waals surface area contributed by atoms with Crippen molar-refractivity contribution in [3.63, 3.8) is 0 Å². The fourth-order valence-electron chi connectivity index (χ4n) is 7.25. The Labute approximate surface area is 297 Å². The average molecular weight is 651 g/mol. The minimum atomic E-state index is -0.0742. The van der Waals surface area contributed by atoms with Gasteiger partial charge in [-0.05, 0) is 130 Å². The molecule has 0 radical (unpaired) electrons. The van der Waals surface area contributed by atoms with Gasteiger partial charge in [0.25, 0.3) is 0 Å². The molecule has 0 bridgehead atoms. The first kappa shape index (κ1) is 36.2. The van der Waals surface area contributed by atoms with Gasteiger partial charge in [0.2, 0.25) is 0 Å². The van der Waals surface area contributed by atoms with Crippen LogP contribution in [0.15, 0.2) is 109 Å². The molecule has 0 saturated carbocycles. The highest BCUT2D eigenvalue weighted by atomic mass is 16.3. The van der Waals surface area contributed by atoms with Crippen molar-refractivity contribution in [2.75, 3.05) is 0 Å². The van der Waals surface area contributed by atoms with Crippen LogP contribution in [0.2, 0.25) is 0 Å². The van der Waals surface area contributed by atoms with Gasteiger partial charge in [-0.1, -0.05) is 158 Å². The molecule has 1 nitrogen and oxygen atoms in total. The Balaban J connectivity index is 1.09. The summed E-state index contributed by atoms with van der Waals surface area (Å²) in [5.41, 5.74) is 14.5. The maximum atomic E-state index is 10.6. The minimum Gasteiger partial charge on any atom is -0.507 e. The standard InChI is InChI=1S/C48H58O/c1-34(33-47(3,4)5)27-37-14-16-39(17-15-37)30-41-22-24-43(25-23-41)31-42-20-18-40(19-21-42)29-38-12-9-36(10-13-38)11-26-44-28-35(2)46(49)45(32-44)48(6,7)8/h9-10,12-25,28,32,34,49H,11,26-27,29-31,33H2,1-8H3. The Morgan fingerprint density at radius 3 is 1.20 bits per heavy atom. The monoisotopic (exact) mass is 650 g/mol. The van der Waals surface area contributed by atoms with Gasteiger partial charge in [-0.15, -0.1) is 0 Å². The zero-order chi connectivity index (χ0) is 35.2. The van der Waals surface area contributed by atoms with Crippen molar-refractivity contribution >= 4 is 0 Å². The van der Waals surface area contributed by atoms with Gasteiger partial charge in [0.1, 0.15) is 5.75 Å². The number of hydrogen-bond acceptors (Lipinski definition) is 1. The van der Waals surface area contributed by atoms with Crippen molar-refractivity contribution in [2.45, 2.75) is 106 Å². The highest BCUT2D eigenvalue weighted by Gasteiger charge is 2.20. The van der Waals surface area contributed by atoms with Crippen LogP contribution in [0.25, 0.3) is 0 Å². The lowest BCUT2D eigenvalue weighted by atomic mass is 9.83. The van der Waals surface area contributed by atoms with Crippen molar-refractivity contribution < 1.29 is 5.11 Å². The second kappa shape index (κ2) is 15.6. The van der Waals surface area contributed by atoms with Crippen LogP contribution in [0.3, 0.4) is 0 Å². The van der Waals surface area contributed by atoms with E-state index in [2.05, 4.69) is 158 Å². The van der Waals surface area contributed by atoms with Gasteiger partial charge in [0.15, 0.2) is 0 Å². The number of phenols is 1. The summed E-state index contributed by atoms with van der Waals surface area (Å²) >= 11 is 0. The molecule has 1 unspecified atom stereocenters. The van der Waals surface area contributed by atoms with E-state index < -0.39 is 0 Å². The summed E-state index contributed by atoms with van der Waals surface area (Å²) in [4.78, 5) is 0. The summed E-state index contributed by atoms with van der Waals surface area (Å²) in [7, 11) is 0. The Bertz CT molecular complexity index is 1780. The molecule has 0 aliphatic rings. The van der Waals surface area contributed by atoms with Gasteiger partial charge < -0.3 is 5.11 Å².